The molecule has 2 aromatic rings. The Morgan fingerprint density at radius 1 is 1.50 bits per heavy atom. The average molecular weight is 300 g/mol. The number of aromatic nitrogens is 1. The lowest BCUT2D eigenvalue weighted by Gasteiger charge is -2.25. The van der Waals surface area contributed by atoms with E-state index in [0.717, 1.165) is 36.5 Å². The van der Waals surface area contributed by atoms with Crippen LogP contribution in [-0.2, 0) is 0 Å². The van der Waals surface area contributed by atoms with Crippen LogP contribution in [0.4, 0.5) is 5.69 Å². The van der Waals surface area contributed by atoms with Gasteiger partial charge in [0.1, 0.15) is 12.0 Å². The number of pyridine rings is 1. The van der Waals surface area contributed by atoms with Crippen LogP contribution in [0.25, 0.3) is 11.0 Å². The number of nitrogens with zero attached hydrogens (tertiary/aromatic N) is 3. The lowest BCUT2D eigenvalue weighted by atomic mass is 10.0. The SMILES string of the molecule is CN(C)c1coc2cnc(C(=O)NC3CC4CCN3C4)cc12. The third-order valence-corrected chi connectivity index (χ3v) is 4.77. The Hall–Kier alpha value is -2.08. The van der Waals surface area contributed by atoms with E-state index < -0.39 is 0 Å². The highest BCUT2D eigenvalue weighted by molar-refractivity contribution is 5.99. The second kappa shape index (κ2) is 4.98. The molecule has 0 spiro atoms. The summed E-state index contributed by atoms with van der Waals surface area (Å²) in [6.45, 7) is 2.21. The van der Waals surface area contributed by atoms with Gasteiger partial charge in [-0.25, -0.2) is 4.98 Å². The van der Waals surface area contributed by atoms with E-state index in [4.69, 9.17) is 4.42 Å². The molecular weight excluding hydrogens is 280 g/mol. The molecule has 3 atom stereocenters. The topological polar surface area (TPSA) is 61.6 Å². The van der Waals surface area contributed by atoms with Crippen LogP contribution in [0.15, 0.2) is 22.9 Å². The molecule has 0 aliphatic carbocycles. The minimum atomic E-state index is -0.106. The van der Waals surface area contributed by atoms with E-state index in [0.29, 0.717) is 11.3 Å². The van der Waals surface area contributed by atoms with Crippen molar-refractivity contribution in [1.29, 1.82) is 0 Å². The lowest BCUT2D eigenvalue weighted by molar-refractivity contribution is 0.0878. The number of furan rings is 1. The molecule has 4 heterocycles. The Morgan fingerprint density at radius 3 is 3.05 bits per heavy atom. The molecule has 2 aromatic heterocycles. The summed E-state index contributed by atoms with van der Waals surface area (Å²) in [6.07, 6.45) is 5.80. The van der Waals surface area contributed by atoms with Crippen molar-refractivity contribution < 1.29 is 9.21 Å². The molecule has 0 aromatic carbocycles. The molecule has 6 nitrogen and oxygen atoms in total. The fraction of sp³-hybridized carbons (Fsp3) is 0.500. The van der Waals surface area contributed by atoms with Gasteiger partial charge in [0.15, 0.2) is 5.58 Å². The number of carbonyl (C=O) groups excluding carboxylic acids is 1. The third kappa shape index (κ3) is 2.14. The molecule has 1 amide bonds. The number of fused-ring (bicyclic) bond motifs is 3. The van der Waals surface area contributed by atoms with Gasteiger partial charge in [0.25, 0.3) is 5.91 Å². The predicted molar refractivity (Wildman–Crippen MR) is 83.9 cm³/mol. The molecule has 22 heavy (non-hydrogen) atoms. The van der Waals surface area contributed by atoms with Gasteiger partial charge in [0, 0.05) is 32.6 Å². The molecule has 3 unspecified atom stereocenters. The fourth-order valence-electron chi connectivity index (χ4n) is 3.57. The Balaban J connectivity index is 1.57. The van der Waals surface area contributed by atoms with E-state index in [2.05, 4.69) is 15.2 Å². The van der Waals surface area contributed by atoms with Crippen molar-refractivity contribution in [1.82, 2.24) is 15.2 Å². The van der Waals surface area contributed by atoms with E-state index >= 15 is 0 Å². The molecule has 2 aliphatic rings. The van der Waals surface area contributed by atoms with Crippen LogP contribution in [0.5, 0.6) is 0 Å². The smallest absolute Gasteiger partial charge is 0.271 e. The number of amides is 1. The zero-order valence-electron chi connectivity index (χ0n) is 12.9. The molecular formula is C16H20N4O2. The van der Waals surface area contributed by atoms with Gasteiger partial charge >= 0.3 is 0 Å². The van der Waals surface area contributed by atoms with Crippen molar-refractivity contribution in [2.75, 3.05) is 32.1 Å². The van der Waals surface area contributed by atoms with E-state index in [1.807, 2.05) is 25.1 Å². The Bertz CT molecular complexity index is 724. The Morgan fingerprint density at radius 2 is 2.36 bits per heavy atom. The number of anilines is 1. The van der Waals surface area contributed by atoms with Crippen molar-refractivity contribution in [2.24, 2.45) is 5.92 Å². The summed E-state index contributed by atoms with van der Waals surface area (Å²) >= 11 is 0. The highest BCUT2D eigenvalue weighted by Crippen LogP contribution is 2.32. The number of hydrogen-bond donors (Lipinski definition) is 1. The van der Waals surface area contributed by atoms with Gasteiger partial charge in [0.05, 0.1) is 18.1 Å². The Labute approximate surface area is 129 Å². The number of carbonyl (C=O) groups is 1. The maximum atomic E-state index is 12.5. The van der Waals surface area contributed by atoms with E-state index in [-0.39, 0.29) is 12.1 Å². The van der Waals surface area contributed by atoms with Crippen LogP contribution in [-0.4, -0.2) is 49.1 Å². The molecule has 0 saturated carbocycles. The first-order valence-electron chi connectivity index (χ1n) is 7.71. The first-order chi connectivity index (χ1) is 10.6. The van der Waals surface area contributed by atoms with Crippen molar-refractivity contribution in [2.45, 2.75) is 19.0 Å². The second-order valence-corrected chi connectivity index (χ2v) is 6.46. The minimum Gasteiger partial charge on any atom is -0.460 e. The standard InChI is InChI=1S/C16H20N4O2/c1-19(2)13-9-22-14-7-17-12(6-11(13)14)16(21)18-15-5-10-3-4-20(15)8-10/h6-7,9-10,15H,3-5,8H2,1-2H3,(H,18,21). The number of piperidine rings is 1. The summed E-state index contributed by atoms with van der Waals surface area (Å²) < 4.78 is 5.47. The number of rotatable bonds is 3. The monoisotopic (exact) mass is 300 g/mol. The van der Waals surface area contributed by atoms with Gasteiger partial charge in [-0.2, -0.15) is 0 Å². The highest BCUT2D eigenvalue weighted by Gasteiger charge is 2.38. The van der Waals surface area contributed by atoms with Crippen molar-refractivity contribution >= 4 is 22.6 Å². The summed E-state index contributed by atoms with van der Waals surface area (Å²) in [5.74, 6) is 0.639. The molecule has 2 bridgehead atoms. The van der Waals surface area contributed by atoms with Crippen LogP contribution in [0.2, 0.25) is 0 Å². The van der Waals surface area contributed by atoms with Gasteiger partial charge in [-0.1, -0.05) is 0 Å². The molecule has 1 N–H and O–H groups in total. The number of hydrogen-bond acceptors (Lipinski definition) is 5. The molecule has 4 rings (SSSR count). The summed E-state index contributed by atoms with van der Waals surface area (Å²) in [4.78, 5) is 21.0. The molecule has 2 saturated heterocycles. The largest absolute Gasteiger partial charge is 0.460 e. The maximum absolute atomic E-state index is 12.5. The second-order valence-electron chi connectivity index (χ2n) is 6.46. The predicted octanol–water partition coefficient (Wildman–Crippen LogP) is 1.68. The summed E-state index contributed by atoms with van der Waals surface area (Å²) in [6, 6.07) is 1.81. The lowest BCUT2D eigenvalue weighted by Crippen LogP contribution is -2.45. The van der Waals surface area contributed by atoms with E-state index in [1.165, 1.54) is 6.42 Å². The van der Waals surface area contributed by atoms with Gasteiger partial charge in [-0.15, -0.1) is 0 Å². The molecule has 0 radical (unpaired) electrons. The first kappa shape index (κ1) is 13.6. The summed E-state index contributed by atoms with van der Waals surface area (Å²) in [5.41, 5.74) is 2.10. The van der Waals surface area contributed by atoms with Gasteiger partial charge < -0.3 is 14.6 Å². The normalized spacial score (nSPS) is 26.5. The van der Waals surface area contributed by atoms with Crippen LogP contribution >= 0.6 is 0 Å². The van der Waals surface area contributed by atoms with Crippen molar-refractivity contribution in [3.05, 3.63) is 24.2 Å². The zero-order chi connectivity index (χ0) is 15.3. The third-order valence-electron chi connectivity index (χ3n) is 4.77. The quantitative estimate of drug-likeness (QED) is 0.934. The van der Waals surface area contributed by atoms with Gasteiger partial charge in [-0.05, 0) is 24.8 Å². The molecule has 6 heteroatoms. The van der Waals surface area contributed by atoms with E-state index in [1.54, 1.807) is 12.5 Å². The van der Waals surface area contributed by atoms with E-state index in [9.17, 15) is 4.79 Å². The minimum absolute atomic E-state index is 0.106. The highest BCUT2D eigenvalue weighted by atomic mass is 16.3. The molecule has 116 valence electrons. The number of nitrogens with one attached hydrogen (secondary N) is 1. The van der Waals surface area contributed by atoms with Crippen LogP contribution in [0.3, 0.4) is 0 Å². The van der Waals surface area contributed by atoms with Gasteiger partial charge in [0.2, 0.25) is 0 Å². The Kier molecular flexibility index (Phi) is 3.07. The first-order valence-corrected chi connectivity index (χ1v) is 7.71. The zero-order valence-corrected chi connectivity index (χ0v) is 12.9. The van der Waals surface area contributed by atoms with Crippen LogP contribution in [0.1, 0.15) is 23.3 Å². The van der Waals surface area contributed by atoms with Crippen molar-refractivity contribution in [3.63, 3.8) is 0 Å². The fourth-order valence-corrected chi connectivity index (χ4v) is 3.57. The maximum Gasteiger partial charge on any atom is 0.271 e. The molecule has 2 fully saturated rings. The summed E-state index contributed by atoms with van der Waals surface area (Å²) in [5, 5.41) is 4.03. The van der Waals surface area contributed by atoms with Crippen molar-refractivity contribution in [3.8, 4) is 0 Å². The molecule has 2 aliphatic heterocycles. The van der Waals surface area contributed by atoms with Crippen LogP contribution in [0, 0.1) is 5.92 Å². The van der Waals surface area contributed by atoms with Gasteiger partial charge in [-0.3, -0.25) is 9.69 Å². The average Bonchev–Trinajstić information content (AvgIpc) is 3.20. The summed E-state index contributed by atoms with van der Waals surface area (Å²) in [7, 11) is 3.90. The van der Waals surface area contributed by atoms with Crippen LogP contribution < -0.4 is 10.2 Å².